The van der Waals surface area contributed by atoms with Gasteiger partial charge in [0.1, 0.15) is 0 Å². The molecule has 1 aromatic heterocycles. The first kappa shape index (κ1) is 12.7. The molecule has 0 saturated heterocycles. The number of anilines is 1. The number of fused-ring (bicyclic) bond motifs is 1. The van der Waals surface area contributed by atoms with Crippen molar-refractivity contribution < 1.29 is 0 Å². The molecule has 96 valence electrons. The molecule has 5 heteroatoms. The Morgan fingerprint density at radius 3 is 2.79 bits per heavy atom. The molecular formula is C14H11ClIN3. The lowest BCUT2D eigenvalue weighted by atomic mass is 10.2. The molecule has 2 N–H and O–H groups in total. The predicted molar refractivity (Wildman–Crippen MR) is 87.9 cm³/mol. The second kappa shape index (κ2) is 4.68. The van der Waals surface area contributed by atoms with Crippen molar-refractivity contribution in [2.75, 3.05) is 5.73 Å². The largest absolute Gasteiger partial charge is 0.369 e. The zero-order valence-corrected chi connectivity index (χ0v) is 13.1. The van der Waals surface area contributed by atoms with Crippen molar-refractivity contribution in [3.05, 3.63) is 50.6 Å². The minimum Gasteiger partial charge on any atom is -0.369 e. The van der Waals surface area contributed by atoms with Crippen molar-refractivity contribution in [3.63, 3.8) is 0 Å². The molecule has 0 spiro atoms. The Bertz CT molecular complexity index is 780. The highest BCUT2D eigenvalue weighted by molar-refractivity contribution is 14.1. The van der Waals surface area contributed by atoms with Crippen LogP contribution in [0.4, 0.5) is 5.95 Å². The Labute approximate surface area is 129 Å². The second-order valence-electron chi connectivity index (χ2n) is 4.34. The van der Waals surface area contributed by atoms with Crippen LogP contribution >= 0.6 is 34.2 Å². The number of halogens is 2. The number of para-hydroxylation sites is 1. The van der Waals surface area contributed by atoms with E-state index in [9.17, 15) is 0 Å². The number of nitrogens with two attached hydrogens (primary N) is 1. The maximum atomic E-state index is 6.32. The van der Waals surface area contributed by atoms with Gasteiger partial charge in [-0.2, -0.15) is 0 Å². The van der Waals surface area contributed by atoms with Crippen molar-refractivity contribution in [3.8, 4) is 5.69 Å². The first-order chi connectivity index (χ1) is 9.08. The minimum atomic E-state index is 0.451. The molecular weight excluding hydrogens is 373 g/mol. The van der Waals surface area contributed by atoms with Crippen molar-refractivity contribution in [2.24, 2.45) is 0 Å². The first-order valence-corrected chi connectivity index (χ1v) is 7.22. The predicted octanol–water partition coefficient (Wildman–Crippen LogP) is 4.17. The minimum absolute atomic E-state index is 0.451. The van der Waals surface area contributed by atoms with Crippen molar-refractivity contribution in [2.45, 2.75) is 6.92 Å². The van der Waals surface area contributed by atoms with Gasteiger partial charge in [-0.3, -0.25) is 4.57 Å². The fourth-order valence-electron chi connectivity index (χ4n) is 2.17. The van der Waals surface area contributed by atoms with Crippen LogP contribution in [0.5, 0.6) is 0 Å². The average molecular weight is 384 g/mol. The Hall–Kier alpha value is -1.27. The van der Waals surface area contributed by atoms with Crippen LogP contribution in [-0.4, -0.2) is 9.55 Å². The van der Waals surface area contributed by atoms with Gasteiger partial charge in [-0.15, -0.1) is 0 Å². The summed E-state index contributed by atoms with van der Waals surface area (Å²) < 4.78 is 2.98. The summed E-state index contributed by atoms with van der Waals surface area (Å²) in [6.07, 6.45) is 0. The van der Waals surface area contributed by atoms with Crippen molar-refractivity contribution in [1.82, 2.24) is 9.55 Å². The SMILES string of the molecule is Cc1cccc2c1nc(N)n2-c1ccc(I)cc1Cl. The summed E-state index contributed by atoms with van der Waals surface area (Å²) in [6, 6.07) is 11.9. The van der Waals surface area contributed by atoms with Crippen LogP contribution in [0.3, 0.4) is 0 Å². The summed E-state index contributed by atoms with van der Waals surface area (Å²) >= 11 is 8.56. The molecule has 3 nitrogen and oxygen atoms in total. The standard InChI is InChI=1S/C14H11ClIN3/c1-8-3-2-4-12-13(8)18-14(17)19(12)11-6-5-9(16)7-10(11)15/h2-7H,1H3,(H2,17,18). The third-order valence-corrected chi connectivity index (χ3v) is 4.04. The summed E-state index contributed by atoms with van der Waals surface area (Å²) in [4.78, 5) is 4.43. The molecule has 1 heterocycles. The molecule has 0 saturated carbocycles. The zero-order valence-electron chi connectivity index (χ0n) is 10.2. The molecule has 19 heavy (non-hydrogen) atoms. The van der Waals surface area contributed by atoms with Gasteiger partial charge in [0.25, 0.3) is 0 Å². The van der Waals surface area contributed by atoms with Gasteiger partial charge in [0.15, 0.2) is 0 Å². The number of imidazole rings is 1. The van der Waals surface area contributed by atoms with E-state index >= 15 is 0 Å². The number of aryl methyl sites for hydroxylation is 1. The van der Waals surface area contributed by atoms with E-state index in [4.69, 9.17) is 17.3 Å². The number of rotatable bonds is 1. The zero-order chi connectivity index (χ0) is 13.6. The van der Waals surface area contributed by atoms with Crippen molar-refractivity contribution in [1.29, 1.82) is 0 Å². The summed E-state index contributed by atoms with van der Waals surface area (Å²) in [6.45, 7) is 2.02. The van der Waals surface area contributed by atoms with Gasteiger partial charge in [0, 0.05) is 3.57 Å². The molecule has 2 aromatic carbocycles. The van der Waals surface area contributed by atoms with E-state index < -0.39 is 0 Å². The number of hydrogen-bond acceptors (Lipinski definition) is 2. The van der Waals surface area contributed by atoms with Gasteiger partial charge >= 0.3 is 0 Å². The van der Waals surface area contributed by atoms with E-state index in [1.165, 1.54) is 0 Å². The summed E-state index contributed by atoms with van der Waals surface area (Å²) in [7, 11) is 0. The van der Waals surface area contributed by atoms with E-state index in [1.54, 1.807) is 0 Å². The lowest BCUT2D eigenvalue weighted by molar-refractivity contribution is 1.11. The molecule has 0 aliphatic heterocycles. The van der Waals surface area contributed by atoms with Crippen molar-refractivity contribution >= 4 is 51.2 Å². The third-order valence-electron chi connectivity index (χ3n) is 3.06. The van der Waals surface area contributed by atoms with Crippen LogP contribution in [0.2, 0.25) is 5.02 Å². The van der Waals surface area contributed by atoms with Crippen LogP contribution in [0, 0.1) is 10.5 Å². The van der Waals surface area contributed by atoms with Crippen LogP contribution in [0.25, 0.3) is 16.7 Å². The lowest BCUT2D eigenvalue weighted by Gasteiger charge is -2.09. The normalized spacial score (nSPS) is 11.1. The van der Waals surface area contributed by atoms with E-state index in [1.807, 2.05) is 47.9 Å². The van der Waals surface area contributed by atoms with Gasteiger partial charge in [-0.25, -0.2) is 4.98 Å². The Morgan fingerprint density at radius 1 is 1.26 bits per heavy atom. The van der Waals surface area contributed by atoms with Crippen LogP contribution < -0.4 is 5.73 Å². The molecule has 0 fully saturated rings. The molecule has 0 radical (unpaired) electrons. The Kier molecular flexibility index (Phi) is 3.14. The second-order valence-corrected chi connectivity index (χ2v) is 6.00. The first-order valence-electron chi connectivity index (χ1n) is 5.77. The monoisotopic (exact) mass is 383 g/mol. The lowest BCUT2D eigenvalue weighted by Crippen LogP contribution is -2.01. The van der Waals surface area contributed by atoms with Gasteiger partial charge in [-0.05, 0) is 59.3 Å². The van der Waals surface area contributed by atoms with E-state index in [0.717, 1.165) is 25.9 Å². The number of nitrogen functional groups attached to an aromatic ring is 1. The summed E-state index contributed by atoms with van der Waals surface area (Å²) in [5.41, 5.74) is 9.89. The van der Waals surface area contributed by atoms with Gasteiger partial charge in [0.05, 0.1) is 21.7 Å². The summed E-state index contributed by atoms with van der Waals surface area (Å²) in [5, 5.41) is 0.666. The topological polar surface area (TPSA) is 43.8 Å². The molecule has 0 unspecified atom stereocenters. The fraction of sp³-hybridized carbons (Fsp3) is 0.0714. The number of aromatic nitrogens is 2. The molecule has 0 amide bonds. The van der Waals surface area contributed by atoms with E-state index in [2.05, 4.69) is 27.6 Å². The van der Waals surface area contributed by atoms with Gasteiger partial charge in [-0.1, -0.05) is 23.7 Å². The van der Waals surface area contributed by atoms with Gasteiger partial charge < -0.3 is 5.73 Å². The molecule has 0 aliphatic rings. The summed E-state index contributed by atoms with van der Waals surface area (Å²) in [5.74, 6) is 0.451. The highest BCUT2D eigenvalue weighted by atomic mass is 127. The Balaban J connectivity index is 2.36. The molecule has 0 bridgehead atoms. The van der Waals surface area contributed by atoms with Crippen LogP contribution in [0.1, 0.15) is 5.56 Å². The number of benzene rings is 2. The quantitative estimate of drug-likeness (QED) is 0.641. The highest BCUT2D eigenvalue weighted by Crippen LogP contribution is 2.30. The average Bonchev–Trinajstić information content (AvgIpc) is 2.68. The van der Waals surface area contributed by atoms with E-state index in [0.29, 0.717) is 11.0 Å². The number of hydrogen-bond donors (Lipinski definition) is 1. The molecule has 3 aromatic rings. The Morgan fingerprint density at radius 2 is 2.05 bits per heavy atom. The smallest absolute Gasteiger partial charge is 0.205 e. The molecule has 0 atom stereocenters. The van der Waals surface area contributed by atoms with Crippen LogP contribution in [0.15, 0.2) is 36.4 Å². The fourth-order valence-corrected chi connectivity index (χ4v) is 3.11. The van der Waals surface area contributed by atoms with Crippen LogP contribution in [-0.2, 0) is 0 Å². The maximum absolute atomic E-state index is 6.32. The third kappa shape index (κ3) is 2.08. The highest BCUT2D eigenvalue weighted by Gasteiger charge is 2.13. The number of nitrogens with zero attached hydrogens (tertiary/aromatic N) is 2. The maximum Gasteiger partial charge on any atom is 0.205 e. The van der Waals surface area contributed by atoms with E-state index in [-0.39, 0.29) is 0 Å². The molecule has 3 rings (SSSR count). The molecule has 0 aliphatic carbocycles. The van der Waals surface area contributed by atoms with Gasteiger partial charge in [0.2, 0.25) is 5.95 Å².